The normalized spacial score (nSPS) is 18.4. The molecule has 1 aromatic rings. The Morgan fingerprint density at radius 3 is 3.05 bits per heavy atom. The predicted octanol–water partition coefficient (Wildman–Crippen LogP) is 2.13. The molecule has 0 aliphatic carbocycles. The molecule has 7 nitrogen and oxygen atoms in total. The van der Waals surface area contributed by atoms with Gasteiger partial charge in [0, 0.05) is 23.6 Å². The van der Waals surface area contributed by atoms with Gasteiger partial charge in [0.1, 0.15) is 5.69 Å². The van der Waals surface area contributed by atoms with Crippen molar-refractivity contribution in [1.82, 2.24) is 0 Å². The Hall–Kier alpha value is -1.67. The minimum Gasteiger partial charge on any atom is -0.469 e. The van der Waals surface area contributed by atoms with Crippen LogP contribution in [0, 0.1) is 10.1 Å². The lowest BCUT2D eigenvalue weighted by Gasteiger charge is -2.33. The lowest BCUT2D eigenvalue weighted by atomic mass is 10.1. The number of hydrogen-bond acceptors (Lipinski definition) is 6. The van der Waals surface area contributed by atoms with Gasteiger partial charge < -0.3 is 14.4 Å². The molecule has 1 aliphatic heterocycles. The molecule has 1 aromatic carbocycles. The molecule has 1 unspecified atom stereocenters. The van der Waals surface area contributed by atoms with Crippen LogP contribution in [0.5, 0.6) is 0 Å². The molecule has 0 saturated carbocycles. The summed E-state index contributed by atoms with van der Waals surface area (Å²) in [5, 5.41) is 11.2. The third-order valence-electron chi connectivity index (χ3n) is 3.24. The van der Waals surface area contributed by atoms with E-state index in [4.69, 9.17) is 4.74 Å². The predicted molar refractivity (Wildman–Crippen MR) is 79.4 cm³/mol. The van der Waals surface area contributed by atoms with Crippen LogP contribution in [0.4, 0.5) is 11.4 Å². The molecule has 1 fully saturated rings. The number of carbonyl (C=O) groups excluding carboxylic acids is 1. The molecule has 2 rings (SSSR count). The fourth-order valence-corrected chi connectivity index (χ4v) is 2.59. The lowest BCUT2D eigenvalue weighted by molar-refractivity contribution is -0.384. The van der Waals surface area contributed by atoms with Gasteiger partial charge in [0.05, 0.1) is 31.2 Å². The van der Waals surface area contributed by atoms with Crippen molar-refractivity contribution in [3.8, 4) is 0 Å². The number of rotatable bonds is 4. The molecular formula is C13H15BrN2O5. The zero-order valence-electron chi connectivity index (χ0n) is 11.5. The second-order valence-electron chi connectivity index (χ2n) is 4.61. The molecule has 1 atom stereocenters. The fourth-order valence-electron chi connectivity index (χ4n) is 2.24. The van der Waals surface area contributed by atoms with Crippen LogP contribution in [0.1, 0.15) is 6.42 Å². The van der Waals surface area contributed by atoms with Gasteiger partial charge in [-0.1, -0.05) is 15.9 Å². The fraction of sp³-hybridized carbons (Fsp3) is 0.462. The minimum atomic E-state index is -0.412. The van der Waals surface area contributed by atoms with E-state index in [1.807, 2.05) is 4.90 Å². The number of morpholine rings is 1. The van der Waals surface area contributed by atoms with E-state index in [0.29, 0.717) is 29.9 Å². The summed E-state index contributed by atoms with van der Waals surface area (Å²) in [7, 11) is 1.32. The van der Waals surface area contributed by atoms with Crippen molar-refractivity contribution in [1.29, 1.82) is 0 Å². The first-order valence-electron chi connectivity index (χ1n) is 6.38. The number of halogens is 1. The van der Waals surface area contributed by atoms with Gasteiger partial charge in [0.25, 0.3) is 5.69 Å². The van der Waals surface area contributed by atoms with E-state index in [9.17, 15) is 14.9 Å². The van der Waals surface area contributed by atoms with Crippen LogP contribution in [0.25, 0.3) is 0 Å². The summed E-state index contributed by atoms with van der Waals surface area (Å²) in [6.45, 7) is 1.37. The summed E-state index contributed by atoms with van der Waals surface area (Å²) in [4.78, 5) is 23.9. The third-order valence-corrected chi connectivity index (χ3v) is 3.73. The largest absolute Gasteiger partial charge is 0.469 e. The van der Waals surface area contributed by atoms with E-state index >= 15 is 0 Å². The van der Waals surface area contributed by atoms with Crippen LogP contribution in [0.15, 0.2) is 22.7 Å². The van der Waals surface area contributed by atoms with Crippen molar-refractivity contribution in [3.63, 3.8) is 0 Å². The van der Waals surface area contributed by atoms with Crippen molar-refractivity contribution in [2.24, 2.45) is 0 Å². The number of nitro groups is 1. The van der Waals surface area contributed by atoms with Crippen LogP contribution in [0.2, 0.25) is 0 Å². The van der Waals surface area contributed by atoms with Gasteiger partial charge in [-0.3, -0.25) is 14.9 Å². The summed E-state index contributed by atoms with van der Waals surface area (Å²) < 4.78 is 10.8. The summed E-state index contributed by atoms with van der Waals surface area (Å²) in [5.41, 5.74) is 0.560. The summed E-state index contributed by atoms with van der Waals surface area (Å²) in [6.07, 6.45) is -0.188. The number of ether oxygens (including phenoxy) is 2. The average Bonchev–Trinajstić information content (AvgIpc) is 2.47. The van der Waals surface area contributed by atoms with Gasteiger partial charge in [0.15, 0.2) is 0 Å². The number of carbonyl (C=O) groups is 1. The molecule has 0 spiro atoms. The Morgan fingerprint density at radius 1 is 1.62 bits per heavy atom. The Labute approximate surface area is 130 Å². The highest BCUT2D eigenvalue weighted by atomic mass is 79.9. The molecule has 114 valence electrons. The van der Waals surface area contributed by atoms with E-state index < -0.39 is 4.92 Å². The second-order valence-corrected chi connectivity index (χ2v) is 5.52. The SMILES string of the molecule is COC(=O)CC1CN(c2ccc(Br)cc2[N+](=O)[O-])CCO1. The van der Waals surface area contributed by atoms with E-state index in [2.05, 4.69) is 20.7 Å². The van der Waals surface area contributed by atoms with Crippen LogP contribution >= 0.6 is 15.9 Å². The highest BCUT2D eigenvalue weighted by molar-refractivity contribution is 9.10. The Morgan fingerprint density at radius 2 is 2.38 bits per heavy atom. The van der Waals surface area contributed by atoms with Crippen LogP contribution in [-0.2, 0) is 14.3 Å². The number of nitrogens with zero attached hydrogens (tertiary/aromatic N) is 2. The lowest BCUT2D eigenvalue weighted by Crippen LogP contribution is -2.43. The van der Waals surface area contributed by atoms with Gasteiger partial charge in [-0.25, -0.2) is 0 Å². The molecule has 0 aromatic heterocycles. The highest BCUT2D eigenvalue weighted by Crippen LogP contribution is 2.32. The van der Waals surface area contributed by atoms with E-state index in [1.165, 1.54) is 13.2 Å². The molecular weight excluding hydrogens is 344 g/mol. The Bertz CT molecular complexity index is 551. The Balaban J connectivity index is 2.18. The average molecular weight is 359 g/mol. The number of benzene rings is 1. The molecule has 1 saturated heterocycles. The maximum absolute atomic E-state index is 11.3. The van der Waals surface area contributed by atoms with Gasteiger partial charge in [-0.2, -0.15) is 0 Å². The number of esters is 1. The van der Waals surface area contributed by atoms with Gasteiger partial charge >= 0.3 is 5.97 Å². The number of methoxy groups -OCH3 is 1. The molecule has 1 heterocycles. The van der Waals surface area contributed by atoms with Crippen molar-refractivity contribution in [3.05, 3.63) is 32.8 Å². The van der Waals surface area contributed by atoms with E-state index in [-0.39, 0.29) is 24.2 Å². The smallest absolute Gasteiger partial charge is 0.308 e. The number of anilines is 1. The molecule has 0 amide bonds. The van der Waals surface area contributed by atoms with Crippen molar-refractivity contribution in [2.45, 2.75) is 12.5 Å². The topological polar surface area (TPSA) is 81.9 Å². The molecule has 8 heteroatoms. The van der Waals surface area contributed by atoms with Crippen molar-refractivity contribution in [2.75, 3.05) is 31.7 Å². The first kappa shape index (κ1) is 15.7. The van der Waals surface area contributed by atoms with Crippen molar-refractivity contribution >= 4 is 33.3 Å². The van der Waals surface area contributed by atoms with E-state index in [0.717, 1.165) is 0 Å². The summed E-state index contributed by atoms with van der Waals surface area (Å²) >= 11 is 3.23. The highest BCUT2D eigenvalue weighted by Gasteiger charge is 2.27. The standard InChI is InChI=1S/C13H15BrN2O5/c1-20-13(17)7-10-8-15(4-5-21-10)11-3-2-9(14)6-12(11)16(18)19/h2-3,6,10H,4-5,7-8H2,1H3. The van der Waals surface area contributed by atoms with Crippen LogP contribution in [0.3, 0.4) is 0 Å². The van der Waals surface area contributed by atoms with Crippen LogP contribution < -0.4 is 4.90 Å². The van der Waals surface area contributed by atoms with E-state index in [1.54, 1.807) is 12.1 Å². The number of nitro benzene ring substituents is 1. The Kier molecular flexibility index (Phi) is 5.13. The zero-order chi connectivity index (χ0) is 15.4. The van der Waals surface area contributed by atoms with Gasteiger partial charge in [-0.05, 0) is 12.1 Å². The zero-order valence-corrected chi connectivity index (χ0v) is 13.0. The third kappa shape index (κ3) is 3.92. The maximum atomic E-state index is 11.3. The van der Waals surface area contributed by atoms with Gasteiger partial charge in [0.2, 0.25) is 0 Å². The first-order chi connectivity index (χ1) is 10.0. The monoisotopic (exact) mass is 358 g/mol. The van der Waals surface area contributed by atoms with Crippen molar-refractivity contribution < 1.29 is 19.2 Å². The number of hydrogen-bond donors (Lipinski definition) is 0. The summed E-state index contributed by atoms with van der Waals surface area (Å²) in [5.74, 6) is -0.354. The molecule has 0 N–H and O–H groups in total. The first-order valence-corrected chi connectivity index (χ1v) is 7.18. The molecule has 0 radical (unpaired) electrons. The molecule has 0 bridgehead atoms. The van der Waals surface area contributed by atoms with Gasteiger partial charge in [-0.15, -0.1) is 0 Å². The second kappa shape index (κ2) is 6.86. The maximum Gasteiger partial charge on any atom is 0.308 e. The minimum absolute atomic E-state index is 0.0306. The molecule has 1 aliphatic rings. The molecule has 21 heavy (non-hydrogen) atoms. The summed E-state index contributed by atoms with van der Waals surface area (Å²) in [6, 6.07) is 4.93. The quantitative estimate of drug-likeness (QED) is 0.465. The van der Waals surface area contributed by atoms with Crippen LogP contribution in [-0.4, -0.2) is 43.8 Å².